The summed E-state index contributed by atoms with van der Waals surface area (Å²) in [5.41, 5.74) is 0.336. The third-order valence-electron chi connectivity index (χ3n) is 3.06. The van der Waals surface area contributed by atoms with E-state index in [2.05, 4.69) is 0 Å². The van der Waals surface area contributed by atoms with Crippen molar-refractivity contribution in [3.8, 4) is 6.07 Å². The van der Waals surface area contributed by atoms with Crippen LogP contribution in [0.4, 0.5) is 0 Å². The first-order valence-electron chi connectivity index (χ1n) is 5.10. The van der Waals surface area contributed by atoms with E-state index in [4.69, 9.17) is 17.0 Å². The third-order valence-corrected chi connectivity index (χ3v) is 3.38. The van der Waals surface area contributed by atoms with Gasteiger partial charge in [0.25, 0.3) is 0 Å². The van der Waals surface area contributed by atoms with E-state index in [9.17, 15) is 4.79 Å². The molecule has 1 aliphatic rings. The van der Waals surface area contributed by atoms with E-state index in [1.54, 1.807) is 6.92 Å². The van der Waals surface area contributed by atoms with Gasteiger partial charge in [-0.25, -0.2) is 0 Å². The predicted octanol–water partition coefficient (Wildman–Crippen LogP) is 2.45. The zero-order valence-corrected chi connectivity index (χ0v) is 10.5. The van der Waals surface area contributed by atoms with Crippen LogP contribution in [0, 0.1) is 16.7 Å². The van der Waals surface area contributed by atoms with Crippen LogP contribution in [0.3, 0.4) is 0 Å². The maximum absolute atomic E-state index is 11.7. The molecule has 0 bridgehead atoms. The Morgan fingerprint density at radius 2 is 2.38 bits per heavy atom. The van der Waals surface area contributed by atoms with Crippen LogP contribution in [-0.2, 0) is 4.79 Å². The predicted molar refractivity (Wildman–Crippen MR) is 63.6 cm³/mol. The standard InChI is InChI=1S/C12H15ClN2O/c1-9-5-4-6-12(3,10(2)16)11(9)15(13)8-7-14/h4-6,11H,8H2,1-3H3. The number of nitrogens with zero attached hydrogens (tertiary/aromatic N) is 2. The monoisotopic (exact) mass is 238 g/mol. The molecule has 3 nitrogen and oxygen atoms in total. The second-order valence-electron chi connectivity index (χ2n) is 4.23. The van der Waals surface area contributed by atoms with Gasteiger partial charge in [-0.2, -0.15) is 9.68 Å². The van der Waals surface area contributed by atoms with Gasteiger partial charge in [-0.1, -0.05) is 23.8 Å². The van der Waals surface area contributed by atoms with Gasteiger partial charge in [0.15, 0.2) is 0 Å². The highest BCUT2D eigenvalue weighted by Gasteiger charge is 2.41. The maximum Gasteiger partial charge on any atom is 0.141 e. The number of allylic oxidation sites excluding steroid dienone is 2. The minimum atomic E-state index is -0.655. The van der Waals surface area contributed by atoms with Gasteiger partial charge in [-0.3, -0.25) is 4.79 Å². The molecule has 2 unspecified atom stereocenters. The third kappa shape index (κ3) is 2.18. The molecule has 0 aromatic carbocycles. The van der Waals surface area contributed by atoms with Crippen molar-refractivity contribution in [2.24, 2.45) is 5.41 Å². The molecule has 0 N–H and O–H groups in total. The van der Waals surface area contributed by atoms with E-state index < -0.39 is 5.41 Å². The molecule has 0 amide bonds. The zero-order valence-electron chi connectivity index (χ0n) is 9.70. The lowest BCUT2D eigenvalue weighted by Gasteiger charge is -2.39. The van der Waals surface area contributed by atoms with Crippen molar-refractivity contribution in [3.63, 3.8) is 0 Å². The molecule has 4 heteroatoms. The quantitative estimate of drug-likeness (QED) is 0.560. The van der Waals surface area contributed by atoms with E-state index >= 15 is 0 Å². The van der Waals surface area contributed by atoms with Gasteiger partial charge < -0.3 is 0 Å². The zero-order chi connectivity index (χ0) is 12.3. The summed E-state index contributed by atoms with van der Waals surface area (Å²) in [6.45, 7) is 5.41. The smallest absolute Gasteiger partial charge is 0.141 e. The number of Topliss-reactive ketones (excluding diaryl/α,β-unsaturated/α-hetero) is 1. The van der Waals surface area contributed by atoms with Gasteiger partial charge in [0.1, 0.15) is 12.3 Å². The van der Waals surface area contributed by atoms with Crippen LogP contribution in [0.2, 0.25) is 0 Å². The topological polar surface area (TPSA) is 44.1 Å². The number of nitriles is 1. The van der Waals surface area contributed by atoms with E-state index in [-0.39, 0.29) is 18.4 Å². The Hall–Kier alpha value is -1.11. The second kappa shape index (κ2) is 4.82. The van der Waals surface area contributed by atoms with Crippen molar-refractivity contribution < 1.29 is 4.79 Å². The summed E-state index contributed by atoms with van der Waals surface area (Å²) in [4.78, 5) is 11.7. The summed E-state index contributed by atoms with van der Waals surface area (Å²) in [5.74, 6) is 0.0461. The Kier molecular flexibility index (Phi) is 3.90. The number of rotatable bonds is 3. The lowest BCUT2D eigenvalue weighted by Crippen LogP contribution is -2.47. The number of hydrogen-bond donors (Lipinski definition) is 0. The van der Waals surface area contributed by atoms with E-state index in [0.717, 1.165) is 5.57 Å². The van der Waals surface area contributed by atoms with Crippen molar-refractivity contribution in [3.05, 3.63) is 23.8 Å². The minimum absolute atomic E-state index is 0.0461. The minimum Gasteiger partial charge on any atom is -0.299 e. The second-order valence-corrected chi connectivity index (χ2v) is 4.66. The molecule has 0 aromatic rings. The molecule has 0 saturated carbocycles. The summed E-state index contributed by atoms with van der Waals surface area (Å²) in [6, 6.07) is 1.74. The molecule has 0 fully saturated rings. The van der Waals surface area contributed by atoms with Crippen LogP contribution in [0.5, 0.6) is 0 Å². The molecule has 0 aliphatic heterocycles. The van der Waals surface area contributed by atoms with Crippen molar-refractivity contribution >= 4 is 17.6 Å². The summed E-state index contributed by atoms with van der Waals surface area (Å²) >= 11 is 6.07. The lowest BCUT2D eigenvalue weighted by molar-refractivity contribution is -0.125. The maximum atomic E-state index is 11.7. The fraction of sp³-hybridized carbons (Fsp3) is 0.500. The first-order chi connectivity index (χ1) is 7.43. The molecule has 86 valence electrons. The average molecular weight is 239 g/mol. The van der Waals surface area contributed by atoms with Crippen LogP contribution >= 0.6 is 11.8 Å². The Morgan fingerprint density at radius 1 is 1.75 bits per heavy atom. The van der Waals surface area contributed by atoms with Crippen LogP contribution < -0.4 is 0 Å². The molecule has 0 saturated heterocycles. The summed E-state index contributed by atoms with van der Waals surface area (Å²) in [6.07, 6.45) is 5.63. The molecule has 0 spiro atoms. The first kappa shape index (κ1) is 13.0. The normalized spacial score (nSPS) is 28.8. The first-order valence-corrected chi connectivity index (χ1v) is 5.43. The molecule has 1 aliphatic carbocycles. The molecular weight excluding hydrogens is 224 g/mol. The van der Waals surface area contributed by atoms with Gasteiger partial charge >= 0.3 is 0 Å². The summed E-state index contributed by atoms with van der Waals surface area (Å²) < 4.78 is 1.40. The largest absolute Gasteiger partial charge is 0.299 e. The highest BCUT2D eigenvalue weighted by atomic mass is 35.5. The molecule has 2 atom stereocenters. The number of carbonyl (C=O) groups excluding carboxylic acids is 1. The molecule has 16 heavy (non-hydrogen) atoms. The summed E-state index contributed by atoms with van der Waals surface area (Å²) in [7, 11) is 0. The van der Waals surface area contributed by atoms with Gasteiger partial charge in [0.2, 0.25) is 0 Å². The molecule has 0 aromatic heterocycles. The number of carbonyl (C=O) groups is 1. The van der Waals surface area contributed by atoms with Gasteiger partial charge in [-0.05, 0) is 32.5 Å². The Bertz CT molecular complexity index is 394. The van der Waals surface area contributed by atoms with Crippen molar-refractivity contribution in [2.45, 2.75) is 26.8 Å². The Balaban J connectivity index is 3.10. The van der Waals surface area contributed by atoms with Crippen LogP contribution in [0.25, 0.3) is 0 Å². The van der Waals surface area contributed by atoms with Crippen LogP contribution in [-0.4, -0.2) is 22.8 Å². The lowest BCUT2D eigenvalue weighted by atomic mass is 9.73. The highest BCUT2D eigenvalue weighted by Crippen LogP contribution is 2.37. The molecular formula is C12H15ClN2O. The number of halogens is 1. The van der Waals surface area contributed by atoms with E-state index in [1.807, 2.05) is 38.1 Å². The van der Waals surface area contributed by atoms with Gasteiger partial charge in [0.05, 0.1) is 17.5 Å². The molecule has 0 radical (unpaired) electrons. The fourth-order valence-electron chi connectivity index (χ4n) is 2.04. The SMILES string of the molecule is CC(=O)C1(C)C=CC=C(C)C1N(Cl)CC#N. The number of ketones is 1. The Labute approximate surface area is 101 Å². The van der Waals surface area contributed by atoms with Crippen molar-refractivity contribution in [2.75, 3.05) is 6.54 Å². The van der Waals surface area contributed by atoms with Crippen LogP contribution in [0.15, 0.2) is 23.8 Å². The fourth-order valence-corrected chi connectivity index (χ4v) is 2.45. The molecule has 0 heterocycles. The van der Waals surface area contributed by atoms with Gasteiger partial charge in [-0.15, -0.1) is 0 Å². The molecule has 1 rings (SSSR count). The van der Waals surface area contributed by atoms with E-state index in [0.29, 0.717) is 0 Å². The number of hydrogen-bond acceptors (Lipinski definition) is 3. The van der Waals surface area contributed by atoms with Crippen molar-refractivity contribution in [1.82, 2.24) is 4.42 Å². The highest BCUT2D eigenvalue weighted by molar-refractivity contribution is 6.14. The van der Waals surface area contributed by atoms with Crippen LogP contribution in [0.1, 0.15) is 20.8 Å². The van der Waals surface area contributed by atoms with Crippen molar-refractivity contribution in [1.29, 1.82) is 5.26 Å². The Morgan fingerprint density at radius 3 is 2.88 bits per heavy atom. The average Bonchev–Trinajstić information content (AvgIpc) is 2.17. The summed E-state index contributed by atoms with van der Waals surface area (Å²) in [5, 5.41) is 8.66. The van der Waals surface area contributed by atoms with Gasteiger partial charge in [0, 0.05) is 0 Å². The van der Waals surface area contributed by atoms with E-state index in [1.165, 1.54) is 4.42 Å².